The molecule has 3 aromatic rings. The molecule has 0 saturated carbocycles. The molecule has 7 heteroatoms. The minimum absolute atomic E-state index is 0.0454. The van der Waals surface area contributed by atoms with Gasteiger partial charge in [0.1, 0.15) is 0 Å². The predicted octanol–water partition coefficient (Wildman–Crippen LogP) is 3.54. The number of hydrogen-bond acceptors (Lipinski definition) is 5. The Morgan fingerprint density at radius 3 is 2.58 bits per heavy atom. The van der Waals surface area contributed by atoms with Crippen molar-refractivity contribution in [2.75, 3.05) is 25.6 Å². The number of carbonyl (C=O) groups is 2. The molecule has 1 aliphatic rings. The molecule has 7 nitrogen and oxygen atoms in total. The Morgan fingerprint density at radius 1 is 1.03 bits per heavy atom. The van der Waals surface area contributed by atoms with Crippen molar-refractivity contribution < 1.29 is 19.1 Å². The van der Waals surface area contributed by atoms with E-state index in [1.165, 1.54) is 0 Å². The van der Waals surface area contributed by atoms with Gasteiger partial charge in [0.25, 0.3) is 11.8 Å². The van der Waals surface area contributed by atoms with E-state index in [1.807, 2.05) is 30.3 Å². The highest BCUT2D eigenvalue weighted by molar-refractivity contribution is 6.15. The van der Waals surface area contributed by atoms with E-state index in [9.17, 15) is 9.59 Å². The van der Waals surface area contributed by atoms with E-state index in [0.717, 1.165) is 29.2 Å². The summed E-state index contributed by atoms with van der Waals surface area (Å²) in [5.74, 6) is -0.601. The lowest BCUT2D eigenvalue weighted by atomic mass is 9.99. The molecule has 2 N–H and O–H groups in total. The van der Waals surface area contributed by atoms with Gasteiger partial charge in [0.05, 0.1) is 12.3 Å². The maximum atomic E-state index is 13.1. The van der Waals surface area contributed by atoms with Crippen LogP contribution in [0.3, 0.4) is 0 Å². The third-order valence-electron chi connectivity index (χ3n) is 5.39. The van der Waals surface area contributed by atoms with Gasteiger partial charge in [0.15, 0.2) is 5.69 Å². The highest BCUT2D eigenvalue weighted by Gasteiger charge is 2.21. The Bertz CT molecular complexity index is 1090. The van der Waals surface area contributed by atoms with Gasteiger partial charge in [-0.05, 0) is 47.4 Å². The number of aromatic nitrogens is 1. The molecule has 0 spiro atoms. The van der Waals surface area contributed by atoms with Gasteiger partial charge < -0.3 is 20.1 Å². The van der Waals surface area contributed by atoms with Gasteiger partial charge in [-0.3, -0.25) is 9.59 Å². The molecule has 2 amide bonds. The van der Waals surface area contributed by atoms with Gasteiger partial charge in [-0.2, -0.15) is 0 Å². The monoisotopic (exact) mass is 419 g/mol. The molecule has 1 saturated heterocycles. The molecule has 2 aromatic carbocycles. The average Bonchev–Trinajstić information content (AvgIpc) is 2.80. The van der Waals surface area contributed by atoms with Crippen LogP contribution in [0.5, 0.6) is 0 Å². The molecule has 1 aliphatic heterocycles. The first-order valence-electron chi connectivity index (χ1n) is 10.3. The van der Waals surface area contributed by atoms with Crippen molar-refractivity contribution in [2.24, 2.45) is 0 Å². The van der Waals surface area contributed by atoms with Crippen LogP contribution < -0.4 is 10.6 Å². The first-order chi connectivity index (χ1) is 15.2. The number of pyridine rings is 1. The van der Waals surface area contributed by atoms with Crippen LogP contribution in [0.4, 0.5) is 5.69 Å². The molecule has 0 atom stereocenters. The van der Waals surface area contributed by atoms with Gasteiger partial charge in [0.2, 0.25) is 0 Å². The number of amides is 2. The summed E-state index contributed by atoms with van der Waals surface area (Å²) < 4.78 is 10.6. The molecule has 160 valence electrons. The second kappa shape index (κ2) is 9.68. The molecular formula is C24H25N3O4. The number of rotatable bonds is 6. The van der Waals surface area contributed by atoms with Crippen LogP contribution >= 0.6 is 0 Å². The number of anilines is 1. The molecule has 31 heavy (non-hydrogen) atoms. The molecule has 2 heterocycles. The minimum atomic E-state index is -0.303. The van der Waals surface area contributed by atoms with Crippen LogP contribution in [-0.4, -0.2) is 43.2 Å². The summed E-state index contributed by atoms with van der Waals surface area (Å²) in [6, 6.07) is 14.8. The van der Waals surface area contributed by atoms with Crippen LogP contribution in [-0.2, 0) is 16.1 Å². The maximum absolute atomic E-state index is 13.1. The standard InChI is InChI=1S/C24H25N3O4/c1-30-15-16-8-9-20(19-6-3-2-5-18(16)19)23(28)27-21-7-4-12-25-22(21)24(29)26-17-10-13-31-14-11-17/h2-9,12,17H,10-11,13-15H2,1H3,(H,26,29)(H,27,28). The Kier molecular flexibility index (Phi) is 6.54. The second-order valence-electron chi connectivity index (χ2n) is 7.46. The Morgan fingerprint density at radius 2 is 1.81 bits per heavy atom. The van der Waals surface area contributed by atoms with Crippen molar-refractivity contribution in [1.29, 1.82) is 0 Å². The van der Waals surface area contributed by atoms with Crippen molar-refractivity contribution in [3.63, 3.8) is 0 Å². The van der Waals surface area contributed by atoms with Gasteiger partial charge in [-0.25, -0.2) is 4.98 Å². The lowest BCUT2D eigenvalue weighted by Gasteiger charge is -2.23. The van der Waals surface area contributed by atoms with Gasteiger partial charge >= 0.3 is 0 Å². The van der Waals surface area contributed by atoms with Crippen LogP contribution in [0.15, 0.2) is 54.7 Å². The van der Waals surface area contributed by atoms with E-state index in [1.54, 1.807) is 31.5 Å². The summed E-state index contributed by atoms with van der Waals surface area (Å²) in [5.41, 5.74) is 2.10. The summed E-state index contributed by atoms with van der Waals surface area (Å²) >= 11 is 0. The third-order valence-corrected chi connectivity index (χ3v) is 5.39. The summed E-state index contributed by atoms with van der Waals surface area (Å²) in [6.45, 7) is 1.72. The zero-order valence-corrected chi connectivity index (χ0v) is 17.4. The number of methoxy groups -OCH3 is 1. The van der Waals surface area contributed by atoms with Gasteiger partial charge in [-0.15, -0.1) is 0 Å². The lowest BCUT2D eigenvalue weighted by Crippen LogP contribution is -2.39. The average molecular weight is 419 g/mol. The van der Waals surface area contributed by atoms with Crippen molar-refractivity contribution >= 4 is 28.3 Å². The first-order valence-corrected chi connectivity index (χ1v) is 10.3. The third kappa shape index (κ3) is 4.73. The summed E-state index contributed by atoms with van der Waals surface area (Å²) in [7, 11) is 1.64. The van der Waals surface area contributed by atoms with E-state index in [0.29, 0.717) is 31.1 Å². The molecule has 4 rings (SSSR count). The Hall–Kier alpha value is -3.29. The smallest absolute Gasteiger partial charge is 0.272 e. The van der Waals surface area contributed by atoms with Gasteiger partial charge in [0, 0.05) is 38.1 Å². The zero-order chi connectivity index (χ0) is 21.6. The first kappa shape index (κ1) is 21.0. The number of nitrogens with one attached hydrogen (secondary N) is 2. The van der Waals surface area contributed by atoms with E-state index < -0.39 is 0 Å². The van der Waals surface area contributed by atoms with Crippen LogP contribution in [0.2, 0.25) is 0 Å². The van der Waals surface area contributed by atoms with E-state index in [2.05, 4.69) is 15.6 Å². The minimum Gasteiger partial charge on any atom is -0.381 e. The fourth-order valence-corrected chi connectivity index (χ4v) is 3.81. The van der Waals surface area contributed by atoms with Crippen LogP contribution in [0.25, 0.3) is 10.8 Å². The molecule has 1 aromatic heterocycles. The van der Waals surface area contributed by atoms with Crippen molar-refractivity contribution in [3.05, 3.63) is 71.5 Å². The second-order valence-corrected chi connectivity index (χ2v) is 7.46. The fourth-order valence-electron chi connectivity index (χ4n) is 3.81. The lowest BCUT2D eigenvalue weighted by molar-refractivity contribution is 0.0694. The topological polar surface area (TPSA) is 89.5 Å². The van der Waals surface area contributed by atoms with E-state index in [-0.39, 0.29) is 23.6 Å². The van der Waals surface area contributed by atoms with E-state index >= 15 is 0 Å². The number of hydrogen-bond donors (Lipinski definition) is 2. The van der Waals surface area contributed by atoms with E-state index in [4.69, 9.17) is 9.47 Å². The quantitative estimate of drug-likeness (QED) is 0.638. The largest absolute Gasteiger partial charge is 0.381 e. The number of nitrogens with zero attached hydrogens (tertiary/aromatic N) is 1. The number of benzene rings is 2. The van der Waals surface area contributed by atoms with Gasteiger partial charge in [-0.1, -0.05) is 30.3 Å². The molecule has 0 radical (unpaired) electrons. The highest BCUT2D eigenvalue weighted by Crippen LogP contribution is 2.25. The number of carbonyl (C=O) groups excluding carboxylic acids is 2. The van der Waals surface area contributed by atoms with Crippen molar-refractivity contribution in [2.45, 2.75) is 25.5 Å². The molecule has 1 fully saturated rings. The Labute approximate surface area is 180 Å². The summed E-state index contributed by atoms with van der Waals surface area (Å²) in [5, 5.41) is 7.65. The summed E-state index contributed by atoms with van der Waals surface area (Å²) in [6.07, 6.45) is 3.07. The Balaban J connectivity index is 1.58. The normalized spacial score (nSPS) is 14.4. The predicted molar refractivity (Wildman–Crippen MR) is 118 cm³/mol. The van der Waals surface area contributed by atoms with Crippen molar-refractivity contribution in [3.8, 4) is 0 Å². The maximum Gasteiger partial charge on any atom is 0.272 e. The molecule has 0 unspecified atom stereocenters. The highest BCUT2D eigenvalue weighted by atomic mass is 16.5. The SMILES string of the molecule is COCc1ccc(C(=O)Nc2cccnc2C(=O)NC2CCOCC2)c2ccccc12. The number of ether oxygens (including phenoxy) is 2. The van der Waals surface area contributed by atoms with Crippen molar-refractivity contribution in [1.82, 2.24) is 10.3 Å². The molecule has 0 aliphatic carbocycles. The molecule has 0 bridgehead atoms. The van der Waals surface area contributed by atoms with Crippen LogP contribution in [0, 0.1) is 0 Å². The zero-order valence-electron chi connectivity index (χ0n) is 17.4. The van der Waals surface area contributed by atoms with Crippen LogP contribution in [0.1, 0.15) is 39.3 Å². The molecular weight excluding hydrogens is 394 g/mol. The number of fused-ring (bicyclic) bond motifs is 1. The summed E-state index contributed by atoms with van der Waals surface area (Å²) in [4.78, 5) is 30.2. The fraction of sp³-hybridized carbons (Fsp3) is 0.292.